The highest BCUT2D eigenvalue weighted by Gasteiger charge is 2.58. The first-order valence-corrected chi connectivity index (χ1v) is 7.37. The Hall–Kier alpha value is -1.94. The van der Waals surface area contributed by atoms with Gasteiger partial charge >= 0.3 is 6.18 Å². The number of nitrogens with zero attached hydrogens (tertiary/aromatic N) is 3. The van der Waals surface area contributed by atoms with Crippen molar-refractivity contribution in [2.75, 3.05) is 5.32 Å². The Morgan fingerprint density at radius 2 is 2.09 bits per heavy atom. The third-order valence-corrected chi connectivity index (χ3v) is 4.34. The van der Waals surface area contributed by atoms with Crippen LogP contribution < -0.4 is 5.32 Å². The van der Waals surface area contributed by atoms with Crippen LogP contribution in [0.15, 0.2) is 12.4 Å². The van der Waals surface area contributed by atoms with Crippen LogP contribution in [-0.2, 0) is 17.4 Å². The van der Waals surface area contributed by atoms with Gasteiger partial charge in [-0.2, -0.15) is 13.2 Å². The molecule has 0 radical (unpaired) electrons. The van der Waals surface area contributed by atoms with Gasteiger partial charge in [0.2, 0.25) is 11.5 Å². The van der Waals surface area contributed by atoms with E-state index >= 15 is 0 Å². The highest BCUT2D eigenvalue weighted by molar-refractivity contribution is 7.15. The molecule has 1 amide bonds. The Bertz CT molecular complexity index is 706. The molecule has 0 spiro atoms. The van der Waals surface area contributed by atoms with Crippen molar-refractivity contribution in [3.8, 4) is 0 Å². The van der Waals surface area contributed by atoms with Crippen molar-refractivity contribution >= 4 is 22.4 Å². The standard InChI is InChI=1S/C13H15F3N4O2S/c1-7-8(2)23-11(18-7)19-9(21)6-12(22,13(14,15)16)10-17-4-5-20(10)3/h4-5,22H,6H2,1-3H3,(H,18,19,21)/t12-/m0/s1. The molecule has 6 nitrogen and oxygen atoms in total. The van der Waals surface area contributed by atoms with Gasteiger partial charge in [0.15, 0.2) is 11.0 Å². The summed E-state index contributed by atoms with van der Waals surface area (Å²) in [5, 5.41) is 12.6. The molecule has 10 heteroatoms. The van der Waals surface area contributed by atoms with Crippen LogP contribution in [-0.4, -0.2) is 31.7 Å². The molecule has 2 rings (SSSR count). The maximum atomic E-state index is 13.3. The molecule has 2 heterocycles. The minimum atomic E-state index is -5.06. The Morgan fingerprint density at radius 1 is 1.43 bits per heavy atom. The van der Waals surface area contributed by atoms with Gasteiger partial charge in [-0.05, 0) is 13.8 Å². The average Bonchev–Trinajstić information content (AvgIpc) is 2.95. The molecule has 126 valence electrons. The summed E-state index contributed by atoms with van der Waals surface area (Å²) in [4.78, 5) is 20.4. The fourth-order valence-electron chi connectivity index (χ4n) is 1.99. The van der Waals surface area contributed by atoms with Crippen LogP contribution in [0, 0.1) is 13.8 Å². The van der Waals surface area contributed by atoms with E-state index in [9.17, 15) is 23.1 Å². The molecule has 0 saturated carbocycles. The molecule has 23 heavy (non-hydrogen) atoms. The van der Waals surface area contributed by atoms with E-state index in [1.54, 1.807) is 13.8 Å². The summed E-state index contributed by atoms with van der Waals surface area (Å²) < 4.78 is 41.0. The average molecular weight is 348 g/mol. The lowest BCUT2D eigenvalue weighted by Crippen LogP contribution is -2.46. The van der Waals surface area contributed by atoms with Gasteiger partial charge in [0, 0.05) is 24.3 Å². The summed E-state index contributed by atoms with van der Waals surface area (Å²) in [6, 6.07) is 0. The predicted molar refractivity (Wildman–Crippen MR) is 78.0 cm³/mol. The third kappa shape index (κ3) is 3.37. The van der Waals surface area contributed by atoms with Gasteiger partial charge < -0.3 is 15.0 Å². The van der Waals surface area contributed by atoms with Gasteiger partial charge in [-0.3, -0.25) is 4.79 Å². The topological polar surface area (TPSA) is 80.0 Å². The number of nitrogens with one attached hydrogen (secondary N) is 1. The summed E-state index contributed by atoms with van der Waals surface area (Å²) in [6.07, 6.45) is -3.88. The largest absolute Gasteiger partial charge is 0.425 e. The predicted octanol–water partition coefficient (Wildman–Crippen LogP) is 2.27. The molecule has 1 atom stereocenters. The zero-order chi connectivity index (χ0) is 17.4. The molecule has 0 aliphatic heterocycles. The lowest BCUT2D eigenvalue weighted by Gasteiger charge is -2.29. The molecular weight excluding hydrogens is 333 g/mol. The quantitative estimate of drug-likeness (QED) is 0.888. The fraction of sp³-hybridized carbons (Fsp3) is 0.462. The molecule has 0 fully saturated rings. The Labute approximate surface area is 134 Å². The first-order chi connectivity index (χ1) is 10.5. The normalized spacial score (nSPS) is 14.6. The van der Waals surface area contributed by atoms with E-state index in [4.69, 9.17) is 0 Å². The van der Waals surface area contributed by atoms with Crippen LogP contribution in [0.2, 0.25) is 0 Å². The van der Waals surface area contributed by atoms with Gasteiger partial charge in [-0.25, -0.2) is 9.97 Å². The van der Waals surface area contributed by atoms with Crippen LogP contribution in [0.5, 0.6) is 0 Å². The Kier molecular flexibility index (Phi) is 4.49. The SMILES string of the molecule is Cc1nc(NC(=O)C[C@](O)(c2nccn2C)C(F)(F)F)sc1C. The zero-order valence-electron chi connectivity index (χ0n) is 12.6. The summed E-state index contributed by atoms with van der Waals surface area (Å²) in [5.74, 6) is -1.65. The number of anilines is 1. The Morgan fingerprint density at radius 3 is 2.52 bits per heavy atom. The van der Waals surface area contributed by atoms with E-state index in [1.807, 2.05) is 0 Å². The van der Waals surface area contributed by atoms with Gasteiger partial charge in [0.05, 0.1) is 12.1 Å². The van der Waals surface area contributed by atoms with E-state index in [0.29, 0.717) is 5.69 Å². The maximum Gasteiger partial charge on any atom is 0.425 e. The number of aromatic nitrogens is 3. The minimum absolute atomic E-state index is 0.189. The molecule has 0 aromatic carbocycles. The second-order valence-electron chi connectivity index (χ2n) is 5.11. The number of hydrogen-bond donors (Lipinski definition) is 2. The second-order valence-corrected chi connectivity index (χ2v) is 6.31. The molecule has 0 unspecified atom stereocenters. The summed E-state index contributed by atoms with van der Waals surface area (Å²) in [5.41, 5.74) is -2.70. The highest BCUT2D eigenvalue weighted by Crippen LogP contribution is 2.41. The van der Waals surface area contributed by atoms with Crippen molar-refractivity contribution in [1.82, 2.24) is 14.5 Å². The molecule has 0 bridgehead atoms. The molecule has 2 aromatic rings. The van der Waals surface area contributed by atoms with Crippen molar-refractivity contribution < 1.29 is 23.1 Å². The minimum Gasteiger partial charge on any atom is -0.374 e. The van der Waals surface area contributed by atoms with Crippen LogP contribution in [0.1, 0.15) is 22.8 Å². The molecule has 0 aliphatic rings. The van der Waals surface area contributed by atoms with Crippen molar-refractivity contribution in [1.29, 1.82) is 0 Å². The van der Waals surface area contributed by atoms with E-state index in [0.717, 1.165) is 27.0 Å². The summed E-state index contributed by atoms with van der Waals surface area (Å²) >= 11 is 1.15. The smallest absolute Gasteiger partial charge is 0.374 e. The van der Waals surface area contributed by atoms with Crippen LogP contribution in [0.3, 0.4) is 0 Å². The first kappa shape index (κ1) is 17.4. The zero-order valence-corrected chi connectivity index (χ0v) is 13.4. The number of imidazole rings is 1. The highest BCUT2D eigenvalue weighted by atomic mass is 32.1. The van der Waals surface area contributed by atoms with Crippen molar-refractivity contribution in [2.24, 2.45) is 7.05 Å². The van der Waals surface area contributed by atoms with Crippen molar-refractivity contribution in [3.63, 3.8) is 0 Å². The van der Waals surface area contributed by atoms with E-state index in [1.165, 1.54) is 13.2 Å². The number of hydrogen-bond acceptors (Lipinski definition) is 5. The van der Waals surface area contributed by atoms with Gasteiger partial charge in [0.25, 0.3) is 0 Å². The lowest BCUT2D eigenvalue weighted by atomic mass is 9.97. The van der Waals surface area contributed by atoms with Gasteiger partial charge in [-0.1, -0.05) is 0 Å². The number of carbonyl (C=O) groups excluding carboxylic acids is 1. The molecule has 2 aromatic heterocycles. The number of rotatable bonds is 4. The molecular formula is C13H15F3N4O2S. The van der Waals surface area contributed by atoms with Crippen LogP contribution >= 0.6 is 11.3 Å². The van der Waals surface area contributed by atoms with Crippen LogP contribution in [0.25, 0.3) is 0 Å². The first-order valence-electron chi connectivity index (χ1n) is 6.55. The Balaban J connectivity index is 2.25. The lowest BCUT2D eigenvalue weighted by molar-refractivity contribution is -0.270. The molecule has 2 N–H and O–H groups in total. The molecule has 0 aliphatic carbocycles. The number of alkyl halides is 3. The number of halogens is 3. The van der Waals surface area contributed by atoms with Crippen molar-refractivity contribution in [2.45, 2.75) is 32.0 Å². The summed E-state index contributed by atoms with van der Waals surface area (Å²) in [6.45, 7) is 3.50. The van der Waals surface area contributed by atoms with E-state index in [-0.39, 0.29) is 5.13 Å². The molecule has 0 saturated heterocycles. The monoisotopic (exact) mass is 348 g/mol. The van der Waals surface area contributed by atoms with E-state index in [2.05, 4.69) is 15.3 Å². The maximum absolute atomic E-state index is 13.3. The van der Waals surface area contributed by atoms with Gasteiger partial charge in [-0.15, -0.1) is 11.3 Å². The van der Waals surface area contributed by atoms with Gasteiger partial charge in [0.1, 0.15) is 0 Å². The van der Waals surface area contributed by atoms with Crippen molar-refractivity contribution in [3.05, 3.63) is 28.8 Å². The second kappa shape index (κ2) is 5.93. The number of amides is 1. The fourth-order valence-corrected chi connectivity index (χ4v) is 2.82. The number of carbonyl (C=O) groups is 1. The van der Waals surface area contributed by atoms with Crippen LogP contribution in [0.4, 0.5) is 18.3 Å². The van der Waals surface area contributed by atoms with E-state index < -0.39 is 29.9 Å². The third-order valence-electron chi connectivity index (χ3n) is 3.35. The number of aliphatic hydroxyl groups is 1. The number of aryl methyl sites for hydroxylation is 3. The summed E-state index contributed by atoms with van der Waals surface area (Å²) in [7, 11) is 1.31. The number of thiazole rings is 1.